The highest BCUT2D eigenvalue weighted by molar-refractivity contribution is 5.74. The predicted octanol–water partition coefficient (Wildman–Crippen LogP) is 1.55. The molecule has 4 heteroatoms. The Balaban J connectivity index is 2.20. The van der Waals surface area contributed by atoms with Crippen molar-refractivity contribution in [1.82, 2.24) is 15.0 Å². The molecule has 0 aliphatic carbocycles. The number of rotatable bonds is 4. The fourth-order valence-corrected chi connectivity index (χ4v) is 1.64. The molecular weight excluding hydrogens is 188 g/mol. The fraction of sp³-hybridized carbons (Fsp3) is 0.455. The molecule has 4 nitrogen and oxygen atoms in total. The van der Waals surface area contributed by atoms with Crippen LogP contribution in [0.1, 0.15) is 24.2 Å². The molecule has 2 aromatic rings. The zero-order valence-corrected chi connectivity index (χ0v) is 8.95. The molecule has 0 radical (unpaired) electrons. The summed E-state index contributed by atoms with van der Waals surface area (Å²) in [4.78, 5) is 12.0. The Kier molecular flexibility index (Phi) is 2.97. The molecule has 0 spiro atoms. The van der Waals surface area contributed by atoms with Crippen LogP contribution in [-0.4, -0.2) is 21.5 Å². The molecular formula is C11H16N4. The Morgan fingerprint density at radius 1 is 1.40 bits per heavy atom. The van der Waals surface area contributed by atoms with Gasteiger partial charge in [-0.15, -0.1) is 0 Å². The lowest BCUT2D eigenvalue weighted by molar-refractivity contribution is 0.724. The molecule has 15 heavy (non-hydrogen) atoms. The molecule has 0 saturated carbocycles. The molecule has 80 valence electrons. The number of hydrogen-bond donors (Lipinski definition) is 2. The van der Waals surface area contributed by atoms with E-state index in [9.17, 15) is 0 Å². The third-order valence-corrected chi connectivity index (χ3v) is 2.52. The van der Waals surface area contributed by atoms with E-state index in [1.807, 2.05) is 6.07 Å². The van der Waals surface area contributed by atoms with Crippen LogP contribution in [0, 0.1) is 6.92 Å². The molecule has 0 aromatic carbocycles. The van der Waals surface area contributed by atoms with Gasteiger partial charge in [-0.2, -0.15) is 0 Å². The van der Waals surface area contributed by atoms with Crippen molar-refractivity contribution in [2.24, 2.45) is 5.73 Å². The van der Waals surface area contributed by atoms with Gasteiger partial charge >= 0.3 is 0 Å². The number of fused-ring (bicyclic) bond motifs is 1. The first kappa shape index (κ1) is 10.1. The summed E-state index contributed by atoms with van der Waals surface area (Å²) in [5, 5.41) is 0. The lowest BCUT2D eigenvalue weighted by atomic mass is 10.2. The third kappa shape index (κ3) is 2.15. The number of imidazole rings is 1. The number of nitrogens with zero attached hydrogens (tertiary/aromatic N) is 2. The molecule has 0 saturated heterocycles. The molecule has 3 N–H and O–H groups in total. The van der Waals surface area contributed by atoms with Crippen molar-refractivity contribution in [3.05, 3.63) is 23.7 Å². The van der Waals surface area contributed by atoms with Crippen molar-refractivity contribution in [1.29, 1.82) is 0 Å². The van der Waals surface area contributed by atoms with E-state index in [4.69, 9.17) is 5.73 Å². The van der Waals surface area contributed by atoms with Crippen LogP contribution in [0.25, 0.3) is 11.2 Å². The minimum Gasteiger partial charge on any atom is -0.340 e. The topological polar surface area (TPSA) is 67.6 Å². The molecule has 0 amide bonds. The highest BCUT2D eigenvalue weighted by Crippen LogP contribution is 2.13. The molecule has 0 unspecified atom stereocenters. The van der Waals surface area contributed by atoms with Gasteiger partial charge in [-0.3, -0.25) is 0 Å². The van der Waals surface area contributed by atoms with Crippen LogP contribution in [0.15, 0.2) is 12.3 Å². The van der Waals surface area contributed by atoms with Gasteiger partial charge in [0.25, 0.3) is 0 Å². The summed E-state index contributed by atoms with van der Waals surface area (Å²) in [6.45, 7) is 2.81. The van der Waals surface area contributed by atoms with Crippen molar-refractivity contribution < 1.29 is 0 Å². The van der Waals surface area contributed by atoms with Crippen molar-refractivity contribution in [2.75, 3.05) is 6.54 Å². The first-order chi connectivity index (χ1) is 7.31. The van der Waals surface area contributed by atoms with Gasteiger partial charge in [-0.05, 0) is 37.9 Å². The second-order valence-electron chi connectivity index (χ2n) is 3.76. The smallest absolute Gasteiger partial charge is 0.177 e. The van der Waals surface area contributed by atoms with Crippen LogP contribution in [0.2, 0.25) is 0 Å². The minimum atomic E-state index is 0.748. The van der Waals surface area contributed by atoms with E-state index in [1.54, 1.807) is 6.20 Å². The number of nitrogens with two attached hydrogens (primary N) is 1. The maximum atomic E-state index is 5.45. The molecule has 2 aromatic heterocycles. The second kappa shape index (κ2) is 4.40. The van der Waals surface area contributed by atoms with Crippen molar-refractivity contribution in [3.8, 4) is 0 Å². The molecule has 2 rings (SSSR count). The molecule has 2 heterocycles. The van der Waals surface area contributed by atoms with E-state index in [-0.39, 0.29) is 0 Å². The summed E-state index contributed by atoms with van der Waals surface area (Å²) >= 11 is 0. The largest absolute Gasteiger partial charge is 0.340 e. The van der Waals surface area contributed by atoms with Gasteiger partial charge in [0.05, 0.1) is 5.52 Å². The van der Waals surface area contributed by atoms with Crippen LogP contribution in [0.3, 0.4) is 0 Å². The molecule has 0 aliphatic rings. The quantitative estimate of drug-likeness (QED) is 0.742. The zero-order valence-electron chi connectivity index (χ0n) is 8.95. The lowest BCUT2D eigenvalue weighted by Gasteiger charge is -1.94. The molecule has 0 aliphatic heterocycles. The number of hydrogen-bond acceptors (Lipinski definition) is 3. The highest BCUT2D eigenvalue weighted by Gasteiger charge is 2.04. The van der Waals surface area contributed by atoms with Crippen molar-refractivity contribution in [2.45, 2.75) is 26.2 Å². The number of pyridine rings is 1. The van der Waals surface area contributed by atoms with Gasteiger partial charge in [0, 0.05) is 12.6 Å². The zero-order chi connectivity index (χ0) is 10.7. The minimum absolute atomic E-state index is 0.748. The normalized spacial score (nSPS) is 11.1. The third-order valence-electron chi connectivity index (χ3n) is 2.52. The summed E-state index contributed by atoms with van der Waals surface area (Å²) in [7, 11) is 0. The van der Waals surface area contributed by atoms with E-state index in [2.05, 4.69) is 21.9 Å². The monoisotopic (exact) mass is 204 g/mol. The Morgan fingerprint density at radius 2 is 2.27 bits per heavy atom. The van der Waals surface area contributed by atoms with Crippen molar-refractivity contribution >= 4 is 11.2 Å². The van der Waals surface area contributed by atoms with Gasteiger partial charge in [-0.1, -0.05) is 0 Å². The molecule has 0 atom stereocenters. The van der Waals surface area contributed by atoms with E-state index in [0.717, 1.165) is 42.8 Å². The van der Waals surface area contributed by atoms with Crippen LogP contribution in [-0.2, 0) is 6.42 Å². The van der Waals surface area contributed by atoms with Crippen LogP contribution in [0.5, 0.6) is 0 Å². The fourth-order valence-electron chi connectivity index (χ4n) is 1.64. The highest BCUT2D eigenvalue weighted by atomic mass is 15.0. The average Bonchev–Trinajstić information content (AvgIpc) is 2.63. The van der Waals surface area contributed by atoms with Crippen LogP contribution < -0.4 is 5.73 Å². The average molecular weight is 204 g/mol. The SMILES string of the molecule is Cc1ccnc2nc(CCCCN)[nH]c12. The van der Waals surface area contributed by atoms with Gasteiger partial charge in [0.1, 0.15) is 5.82 Å². The first-order valence-corrected chi connectivity index (χ1v) is 5.31. The van der Waals surface area contributed by atoms with E-state index >= 15 is 0 Å². The summed E-state index contributed by atoms with van der Waals surface area (Å²) in [6, 6.07) is 1.99. The molecule has 0 fully saturated rings. The predicted molar refractivity (Wildman–Crippen MR) is 60.6 cm³/mol. The summed E-state index contributed by atoms with van der Waals surface area (Å²) in [5.74, 6) is 1.01. The Morgan fingerprint density at radius 3 is 3.00 bits per heavy atom. The van der Waals surface area contributed by atoms with Gasteiger partial charge < -0.3 is 10.7 Å². The van der Waals surface area contributed by atoms with Crippen LogP contribution in [0.4, 0.5) is 0 Å². The van der Waals surface area contributed by atoms with Gasteiger partial charge in [-0.25, -0.2) is 9.97 Å². The van der Waals surface area contributed by atoms with Crippen LogP contribution >= 0.6 is 0 Å². The second-order valence-corrected chi connectivity index (χ2v) is 3.76. The lowest BCUT2D eigenvalue weighted by Crippen LogP contribution is -1.99. The van der Waals surface area contributed by atoms with Gasteiger partial charge in [0.2, 0.25) is 0 Å². The van der Waals surface area contributed by atoms with Gasteiger partial charge in [0.15, 0.2) is 5.65 Å². The number of nitrogens with one attached hydrogen (secondary N) is 1. The Bertz CT molecular complexity index is 447. The van der Waals surface area contributed by atoms with E-state index < -0.39 is 0 Å². The van der Waals surface area contributed by atoms with Crippen molar-refractivity contribution in [3.63, 3.8) is 0 Å². The summed E-state index contributed by atoms with van der Waals surface area (Å²) < 4.78 is 0. The Labute approximate surface area is 88.9 Å². The number of H-pyrrole nitrogens is 1. The summed E-state index contributed by atoms with van der Waals surface area (Å²) in [6.07, 6.45) is 4.87. The Hall–Kier alpha value is -1.42. The number of unbranched alkanes of at least 4 members (excludes halogenated alkanes) is 1. The molecule has 0 bridgehead atoms. The maximum absolute atomic E-state index is 5.45. The first-order valence-electron chi connectivity index (χ1n) is 5.31. The number of aryl methyl sites for hydroxylation is 2. The number of aromatic nitrogens is 3. The number of aromatic amines is 1. The van der Waals surface area contributed by atoms with E-state index in [1.165, 1.54) is 5.56 Å². The summed E-state index contributed by atoms with van der Waals surface area (Å²) in [5.41, 5.74) is 8.51. The standard InChI is InChI=1S/C11H16N4/c1-8-5-7-13-11-10(8)14-9(15-11)4-2-3-6-12/h5,7H,2-4,6,12H2,1H3,(H,13,14,15). The maximum Gasteiger partial charge on any atom is 0.177 e. The van der Waals surface area contributed by atoms with E-state index in [0.29, 0.717) is 0 Å².